The lowest BCUT2D eigenvalue weighted by Gasteiger charge is -2.21. The van der Waals surface area contributed by atoms with Gasteiger partial charge in [0, 0.05) is 18.1 Å². The normalized spacial score (nSPS) is 11.4. The molecule has 0 spiro atoms. The van der Waals surface area contributed by atoms with Gasteiger partial charge in [-0.1, -0.05) is 13.0 Å². The zero-order valence-corrected chi connectivity index (χ0v) is 14.3. The van der Waals surface area contributed by atoms with Gasteiger partial charge in [0.1, 0.15) is 0 Å². The highest BCUT2D eigenvalue weighted by Crippen LogP contribution is 2.30. The van der Waals surface area contributed by atoms with Gasteiger partial charge in [0.2, 0.25) is 0 Å². The Hall–Kier alpha value is -2.34. The average molecular weight is 331 g/mol. The molecule has 1 aromatic heterocycles. The molecule has 0 aliphatic carbocycles. The van der Waals surface area contributed by atoms with Crippen molar-refractivity contribution in [2.75, 3.05) is 19.5 Å². The Morgan fingerprint density at radius 2 is 1.83 bits per heavy atom. The highest BCUT2D eigenvalue weighted by molar-refractivity contribution is 7.80. The van der Waals surface area contributed by atoms with Gasteiger partial charge in [-0.2, -0.15) is 0 Å². The topological polar surface area (TPSA) is 55.4 Å². The van der Waals surface area contributed by atoms with E-state index in [2.05, 4.69) is 22.5 Å². The molecular weight excluding hydrogens is 310 g/mol. The summed E-state index contributed by atoms with van der Waals surface area (Å²) < 4.78 is 10.6. The minimum Gasteiger partial charge on any atom is -0.493 e. The van der Waals surface area contributed by atoms with E-state index in [1.54, 1.807) is 26.6 Å². The average Bonchev–Trinajstić information content (AvgIpc) is 2.60. The summed E-state index contributed by atoms with van der Waals surface area (Å²) in [5.74, 6) is 1.42. The maximum absolute atomic E-state index is 5.39. The molecule has 122 valence electrons. The Morgan fingerprint density at radius 1 is 1.13 bits per heavy atom. The quantitative estimate of drug-likeness (QED) is 0.790. The van der Waals surface area contributed by atoms with E-state index < -0.39 is 0 Å². The first-order chi connectivity index (χ1) is 11.2. The van der Waals surface area contributed by atoms with Gasteiger partial charge in [-0.15, -0.1) is 0 Å². The fraction of sp³-hybridized carbons (Fsp3) is 0.294. The zero-order valence-electron chi connectivity index (χ0n) is 13.5. The van der Waals surface area contributed by atoms with E-state index in [1.807, 2.05) is 30.3 Å². The Labute approximate surface area is 142 Å². The van der Waals surface area contributed by atoms with E-state index in [4.69, 9.17) is 21.7 Å². The van der Waals surface area contributed by atoms with Crippen molar-refractivity contribution in [2.45, 2.75) is 19.4 Å². The summed E-state index contributed by atoms with van der Waals surface area (Å²) in [5, 5.41) is 7.04. The number of nitrogens with one attached hydrogen (secondary N) is 2. The maximum Gasteiger partial charge on any atom is 0.171 e. The van der Waals surface area contributed by atoms with Gasteiger partial charge in [0.05, 0.1) is 20.3 Å². The van der Waals surface area contributed by atoms with Crippen molar-refractivity contribution < 1.29 is 9.47 Å². The lowest BCUT2D eigenvalue weighted by molar-refractivity contribution is 0.354. The van der Waals surface area contributed by atoms with Crippen molar-refractivity contribution in [3.63, 3.8) is 0 Å². The number of pyridine rings is 1. The predicted molar refractivity (Wildman–Crippen MR) is 96.2 cm³/mol. The standard InChI is InChI=1S/C17H21N3O2S/c1-4-14(12-5-6-15(21-2)16(11-12)22-3)20-17(23)19-13-7-9-18-10-8-13/h5-11,14H,4H2,1-3H3,(H2,18,19,20,23)/t14-/m0/s1. The number of benzene rings is 1. The van der Waals surface area contributed by atoms with Crippen LogP contribution in [-0.2, 0) is 0 Å². The molecule has 0 aliphatic heterocycles. The van der Waals surface area contributed by atoms with Gasteiger partial charge < -0.3 is 20.1 Å². The van der Waals surface area contributed by atoms with E-state index in [0.717, 1.165) is 17.7 Å². The fourth-order valence-electron chi connectivity index (χ4n) is 2.25. The number of hydrogen-bond acceptors (Lipinski definition) is 4. The van der Waals surface area contributed by atoms with Crippen LogP contribution in [0, 0.1) is 0 Å². The number of methoxy groups -OCH3 is 2. The molecule has 2 N–H and O–H groups in total. The highest BCUT2D eigenvalue weighted by atomic mass is 32.1. The Balaban J connectivity index is 2.09. The monoisotopic (exact) mass is 331 g/mol. The molecule has 5 nitrogen and oxygen atoms in total. The maximum atomic E-state index is 5.39. The van der Waals surface area contributed by atoms with Crippen LogP contribution in [0.3, 0.4) is 0 Å². The molecule has 1 aromatic carbocycles. The van der Waals surface area contributed by atoms with Crippen molar-refractivity contribution in [2.24, 2.45) is 0 Å². The number of thiocarbonyl (C=S) groups is 1. The summed E-state index contributed by atoms with van der Waals surface area (Å²) >= 11 is 5.39. The number of aromatic nitrogens is 1. The van der Waals surface area contributed by atoms with Gasteiger partial charge in [-0.3, -0.25) is 4.98 Å². The zero-order chi connectivity index (χ0) is 16.7. The molecule has 0 bridgehead atoms. The number of hydrogen-bond donors (Lipinski definition) is 2. The van der Waals surface area contributed by atoms with Gasteiger partial charge in [-0.25, -0.2) is 0 Å². The summed E-state index contributed by atoms with van der Waals surface area (Å²) in [5.41, 5.74) is 1.99. The van der Waals surface area contributed by atoms with Crippen molar-refractivity contribution in [1.29, 1.82) is 0 Å². The number of rotatable bonds is 6. The minimum atomic E-state index is 0.0802. The molecule has 2 rings (SSSR count). The highest BCUT2D eigenvalue weighted by Gasteiger charge is 2.14. The summed E-state index contributed by atoms with van der Waals surface area (Å²) in [6.45, 7) is 2.10. The first-order valence-electron chi connectivity index (χ1n) is 7.37. The Kier molecular flexibility index (Phi) is 6.17. The first kappa shape index (κ1) is 17.0. The van der Waals surface area contributed by atoms with Gasteiger partial charge in [0.25, 0.3) is 0 Å². The van der Waals surface area contributed by atoms with E-state index >= 15 is 0 Å². The molecule has 1 atom stereocenters. The summed E-state index contributed by atoms with van der Waals surface area (Å²) in [6.07, 6.45) is 4.32. The lowest BCUT2D eigenvalue weighted by Crippen LogP contribution is -2.32. The molecule has 6 heteroatoms. The van der Waals surface area contributed by atoms with E-state index in [1.165, 1.54) is 0 Å². The second kappa shape index (κ2) is 8.33. The third kappa shape index (κ3) is 4.56. The summed E-state index contributed by atoms with van der Waals surface area (Å²) in [6, 6.07) is 9.69. The van der Waals surface area contributed by atoms with E-state index in [-0.39, 0.29) is 6.04 Å². The van der Waals surface area contributed by atoms with Crippen LogP contribution in [0.2, 0.25) is 0 Å². The molecule has 0 aliphatic rings. The fourth-order valence-corrected chi connectivity index (χ4v) is 2.51. The van der Waals surface area contributed by atoms with Crippen LogP contribution in [0.5, 0.6) is 11.5 Å². The van der Waals surface area contributed by atoms with Crippen LogP contribution < -0.4 is 20.1 Å². The minimum absolute atomic E-state index is 0.0802. The second-order valence-electron chi connectivity index (χ2n) is 4.91. The molecule has 0 radical (unpaired) electrons. The van der Waals surface area contributed by atoms with Crippen molar-refractivity contribution in [3.05, 3.63) is 48.3 Å². The largest absolute Gasteiger partial charge is 0.493 e. The van der Waals surface area contributed by atoms with E-state index in [9.17, 15) is 0 Å². The first-order valence-corrected chi connectivity index (χ1v) is 7.78. The van der Waals surface area contributed by atoms with Crippen LogP contribution >= 0.6 is 12.2 Å². The SMILES string of the molecule is CC[C@H](NC(=S)Nc1ccncc1)c1ccc(OC)c(OC)c1. The molecule has 1 heterocycles. The van der Waals surface area contributed by atoms with Crippen LogP contribution in [0.25, 0.3) is 0 Å². The van der Waals surface area contributed by atoms with Crippen molar-refractivity contribution in [3.8, 4) is 11.5 Å². The second-order valence-corrected chi connectivity index (χ2v) is 5.32. The van der Waals surface area contributed by atoms with E-state index in [0.29, 0.717) is 16.6 Å². The molecule has 0 amide bonds. The lowest BCUT2D eigenvalue weighted by atomic mass is 10.0. The summed E-state index contributed by atoms with van der Waals surface area (Å²) in [7, 11) is 3.26. The molecule has 2 aromatic rings. The number of nitrogens with zero attached hydrogens (tertiary/aromatic N) is 1. The van der Waals surface area contributed by atoms with Crippen molar-refractivity contribution >= 4 is 23.0 Å². The van der Waals surface area contributed by atoms with Crippen LogP contribution in [0.4, 0.5) is 5.69 Å². The molecule has 23 heavy (non-hydrogen) atoms. The van der Waals surface area contributed by atoms with Gasteiger partial charge in [-0.05, 0) is 48.5 Å². The predicted octanol–water partition coefficient (Wildman–Crippen LogP) is 3.54. The molecule has 0 saturated heterocycles. The summed E-state index contributed by atoms with van der Waals surface area (Å²) in [4.78, 5) is 3.98. The Bertz CT molecular complexity index is 650. The van der Waals surface area contributed by atoms with Gasteiger partial charge in [0.15, 0.2) is 16.6 Å². The molecule has 0 fully saturated rings. The number of anilines is 1. The van der Waals surface area contributed by atoms with Crippen LogP contribution in [-0.4, -0.2) is 24.3 Å². The Morgan fingerprint density at radius 3 is 2.43 bits per heavy atom. The van der Waals surface area contributed by atoms with Crippen LogP contribution in [0.1, 0.15) is 24.9 Å². The van der Waals surface area contributed by atoms with Crippen molar-refractivity contribution in [1.82, 2.24) is 10.3 Å². The van der Waals surface area contributed by atoms with Crippen LogP contribution in [0.15, 0.2) is 42.7 Å². The third-order valence-electron chi connectivity index (χ3n) is 3.46. The third-order valence-corrected chi connectivity index (χ3v) is 3.68. The molecule has 0 saturated carbocycles. The number of ether oxygens (including phenoxy) is 2. The smallest absolute Gasteiger partial charge is 0.171 e. The van der Waals surface area contributed by atoms with Gasteiger partial charge >= 0.3 is 0 Å². The molecular formula is C17H21N3O2S. The molecule has 0 unspecified atom stereocenters.